The third kappa shape index (κ3) is 2.08. The summed E-state index contributed by atoms with van der Waals surface area (Å²) in [5.41, 5.74) is 0.463. The highest BCUT2D eigenvalue weighted by molar-refractivity contribution is 8.14. The first-order valence-electron chi connectivity index (χ1n) is 5.46. The maximum absolute atomic E-state index is 4.74. The fourth-order valence-corrected chi connectivity index (χ4v) is 2.89. The van der Waals surface area contributed by atoms with Gasteiger partial charge in [-0.1, -0.05) is 39.5 Å². The molecule has 80 valence electrons. The highest BCUT2D eigenvalue weighted by atomic mass is 32.2. The average molecular weight is 212 g/mol. The van der Waals surface area contributed by atoms with Crippen molar-refractivity contribution in [2.45, 2.75) is 46.2 Å². The maximum Gasteiger partial charge on any atom is 0.157 e. The van der Waals surface area contributed by atoms with Crippen molar-refractivity contribution in [2.24, 2.45) is 16.3 Å². The molecule has 1 saturated carbocycles. The number of nitrogens with zero attached hydrogens (tertiary/aromatic N) is 1. The molecule has 2 nitrogen and oxygen atoms in total. The summed E-state index contributed by atoms with van der Waals surface area (Å²) in [4.78, 5) is 4.74. The number of thioether (sulfide) groups is 1. The normalized spacial score (nSPS) is 37.6. The highest BCUT2D eigenvalue weighted by Crippen LogP contribution is 2.47. The maximum atomic E-state index is 4.74. The van der Waals surface area contributed by atoms with Crippen molar-refractivity contribution in [1.29, 1.82) is 0 Å². The molecule has 1 N–H and O–H groups in total. The molecule has 1 saturated heterocycles. The minimum atomic E-state index is 0.463. The van der Waals surface area contributed by atoms with Crippen LogP contribution in [0.3, 0.4) is 0 Å². The van der Waals surface area contributed by atoms with Crippen LogP contribution in [0.15, 0.2) is 4.99 Å². The predicted octanol–water partition coefficient (Wildman–Crippen LogP) is 2.50. The second kappa shape index (κ2) is 3.44. The van der Waals surface area contributed by atoms with Crippen LogP contribution in [0.25, 0.3) is 0 Å². The predicted molar refractivity (Wildman–Crippen MR) is 63.8 cm³/mol. The Balaban J connectivity index is 1.90. The van der Waals surface area contributed by atoms with Gasteiger partial charge in [-0.05, 0) is 17.8 Å². The van der Waals surface area contributed by atoms with Crippen LogP contribution in [0.1, 0.15) is 34.1 Å². The van der Waals surface area contributed by atoms with Crippen molar-refractivity contribution < 1.29 is 0 Å². The van der Waals surface area contributed by atoms with E-state index in [1.54, 1.807) is 0 Å². The van der Waals surface area contributed by atoms with Gasteiger partial charge in [0.05, 0.1) is 6.04 Å². The van der Waals surface area contributed by atoms with E-state index in [2.05, 4.69) is 33.0 Å². The van der Waals surface area contributed by atoms with Crippen LogP contribution in [-0.4, -0.2) is 23.0 Å². The highest BCUT2D eigenvalue weighted by Gasteiger charge is 2.46. The summed E-state index contributed by atoms with van der Waals surface area (Å²) in [6.07, 6.45) is 1.26. The molecular weight excluding hydrogens is 192 g/mol. The molecule has 2 unspecified atom stereocenters. The lowest BCUT2D eigenvalue weighted by Crippen LogP contribution is -2.31. The number of hydrogen-bond donors (Lipinski definition) is 1. The van der Waals surface area contributed by atoms with Gasteiger partial charge in [0.25, 0.3) is 0 Å². The van der Waals surface area contributed by atoms with E-state index in [4.69, 9.17) is 4.99 Å². The first-order chi connectivity index (χ1) is 6.49. The Morgan fingerprint density at radius 3 is 2.57 bits per heavy atom. The van der Waals surface area contributed by atoms with Gasteiger partial charge in [-0.25, -0.2) is 0 Å². The van der Waals surface area contributed by atoms with E-state index in [0.717, 1.165) is 0 Å². The SMILES string of the molecule is CC(C)C1CSC(=NC2CC2(C)C)N1. The smallest absolute Gasteiger partial charge is 0.157 e. The molecule has 1 aliphatic carbocycles. The van der Waals surface area contributed by atoms with E-state index >= 15 is 0 Å². The topological polar surface area (TPSA) is 24.4 Å². The third-order valence-corrected chi connectivity index (χ3v) is 4.27. The summed E-state index contributed by atoms with van der Waals surface area (Å²) in [5, 5.41) is 4.69. The van der Waals surface area contributed by atoms with Gasteiger partial charge in [-0.15, -0.1) is 0 Å². The largest absolute Gasteiger partial charge is 0.361 e. The van der Waals surface area contributed by atoms with Crippen LogP contribution in [0, 0.1) is 11.3 Å². The lowest BCUT2D eigenvalue weighted by Gasteiger charge is -2.13. The Labute approximate surface area is 90.9 Å². The second-order valence-corrected chi connectivity index (χ2v) is 6.46. The summed E-state index contributed by atoms with van der Waals surface area (Å²) in [7, 11) is 0. The molecule has 0 spiro atoms. The molecule has 0 bridgehead atoms. The van der Waals surface area contributed by atoms with Crippen LogP contribution in [0.4, 0.5) is 0 Å². The molecule has 0 aromatic carbocycles. The standard InChI is InChI=1S/C11H20N2S/c1-7(2)8-6-14-10(12-8)13-9-5-11(9,3)4/h7-9H,5-6H2,1-4H3,(H,12,13). The minimum absolute atomic E-state index is 0.463. The van der Waals surface area contributed by atoms with Crippen LogP contribution >= 0.6 is 11.8 Å². The molecule has 1 heterocycles. The summed E-state index contributed by atoms with van der Waals surface area (Å²) < 4.78 is 0. The Morgan fingerprint density at radius 1 is 1.50 bits per heavy atom. The van der Waals surface area contributed by atoms with E-state index < -0.39 is 0 Å². The quantitative estimate of drug-likeness (QED) is 0.760. The van der Waals surface area contributed by atoms with Gasteiger partial charge >= 0.3 is 0 Å². The number of nitrogens with one attached hydrogen (secondary N) is 1. The zero-order valence-corrected chi connectivity index (χ0v) is 10.3. The first kappa shape index (κ1) is 10.3. The number of hydrogen-bond acceptors (Lipinski definition) is 2. The van der Waals surface area contributed by atoms with Crippen LogP contribution in [0.2, 0.25) is 0 Å². The summed E-state index contributed by atoms with van der Waals surface area (Å²) in [5.74, 6) is 1.89. The van der Waals surface area contributed by atoms with Crippen LogP contribution in [-0.2, 0) is 0 Å². The molecular formula is C11H20N2S. The van der Waals surface area contributed by atoms with Gasteiger partial charge in [0.15, 0.2) is 5.17 Å². The van der Waals surface area contributed by atoms with Crippen molar-refractivity contribution >= 4 is 16.9 Å². The third-order valence-electron chi connectivity index (χ3n) is 3.25. The molecule has 14 heavy (non-hydrogen) atoms. The zero-order valence-electron chi connectivity index (χ0n) is 9.50. The molecule has 1 aliphatic heterocycles. The molecule has 3 heteroatoms. The van der Waals surface area contributed by atoms with Crippen LogP contribution < -0.4 is 5.32 Å². The fraction of sp³-hybridized carbons (Fsp3) is 0.909. The van der Waals surface area contributed by atoms with Gasteiger partial charge in [-0.3, -0.25) is 4.99 Å². The molecule has 2 aliphatic rings. The van der Waals surface area contributed by atoms with Gasteiger partial charge in [0, 0.05) is 11.8 Å². The molecule has 2 atom stereocenters. The Bertz CT molecular complexity index is 258. The summed E-state index contributed by atoms with van der Waals surface area (Å²) >= 11 is 1.89. The molecule has 0 aromatic rings. The molecule has 0 aromatic heterocycles. The second-order valence-electron chi connectivity index (χ2n) is 5.45. The lowest BCUT2D eigenvalue weighted by atomic mass is 10.1. The van der Waals surface area contributed by atoms with E-state index in [1.165, 1.54) is 17.3 Å². The van der Waals surface area contributed by atoms with Gasteiger partial charge in [0.1, 0.15) is 0 Å². The molecule has 2 fully saturated rings. The zero-order chi connectivity index (χ0) is 10.3. The van der Waals surface area contributed by atoms with Crippen molar-refractivity contribution in [3.8, 4) is 0 Å². The van der Waals surface area contributed by atoms with Crippen LogP contribution in [0.5, 0.6) is 0 Å². The summed E-state index contributed by atoms with van der Waals surface area (Å²) in [6.45, 7) is 9.12. The Kier molecular flexibility index (Phi) is 2.54. The van der Waals surface area contributed by atoms with Gasteiger partial charge < -0.3 is 5.32 Å². The monoisotopic (exact) mass is 212 g/mol. The van der Waals surface area contributed by atoms with Crippen molar-refractivity contribution in [3.05, 3.63) is 0 Å². The summed E-state index contributed by atoms with van der Waals surface area (Å²) in [6, 6.07) is 1.20. The van der Waals surface area contributed by atoms with E-state index in [0.29, 0.717) is 23.4 Å². The number of amidine groups is 1. The molecule has 0 radical (unpaired) electrons. The van der Waals surface area contributed by atoms with Gasteiger partial charge in [0.2, 0.25) is 0 Å². The first-order valence-corrected chi connectivity index (χ1v) is 6.45. The van der Waals surface area contributed by atoms with E-state index in [-0.39, 0.29) is 0 Å². The number of aliphatic imine (C=N–C) groups is 1. The van der Waals surface area contributed by atoms with Crippen molar-refractivity contribution in [2.75, 3.05) is 5.75 Å². The van der Waals surface area contributed by atoms with E-state index in [1.807, 2.05) is 11.8 Å². The minimum Gasteiger partial charge on any atom is -0.361 e. The Morgan fingerprint density at radius 2 is 2.14 bits per heavy atom. The average Bonchev–Trinajstić information content (AvgIpc) is 2.51. The fourth-order valence-electron chi connectivity index (χ4n) is 1.65. The molecule has 0 amide bonds. The van der Waals surface area contributed by atoms with E-state index in [9.17, 15) is 0 Å². The number of rotatable bonds is 2. The van der Waals surface area contributed by atoms with Crippen molar-refractivity contribution in [3.63, 3.8) is 0 Å². The van der Waals surface area contributed by atoms with Crippen molar-refractivity contribution in [1.82, 2.24) is 5.32 Å². The van der Waals surface area contributed by atoms with Gasteiger partial charge in [-0.2, -0.15) is 0 Å². The molecule has 2 rings (SSSR count). The lowest BCUT2D eigenvalue weighted by molar-refractivity contribution is 0.502. The Hall–Kier alpha value is -0.180.